The van der Waals surface area contributed by atoms with Crippen LogP contribution in [0.3, 0.4) is 0 Å². The molecule has 0 saturated heterocycles. The monoisotopic (exact) mass is 203 g/mol. The lowest BCUT2D eigenvalue weighted by Gasteiger charge is -1.97. The van der Waals surface area contributed by atoms with E-state index in [1.54, 1.807) is 18.3 Å². The lowest BCUT2D eigenvalue weighted by molar-refractivity contribution is 0.419. The Morgan fingerprint density at radius 2 is 2.40 bits per heavy atom. The molecule has 76 valence electrons. The Kier molecular flexibility index (Phi) is 2.21. The van der Waals surface area contributed by atoms with Gasteiger partial charge in [-0.05, 0) is 19.1 Å². The van der Waals surface area contributed by atoms with Crippen LogP contribution < -0.4 is 5.56 Å². The van der Waals surface area contributed by atoms with Crippen LogP contribution in [0, 0.1) is 0 Å². The highest BCUT2D eigenvalue weighted by Gasteiger charge is 2.02. The number of hydrogen-bond donors (Lipinski definition) is 2. The number of hydrogen-bond acceptors (Lipinski definition) is 4. The van der Waals surface area contributed by atoms with Gasteiger partial charge in [-0.3, -0.25) is 4.79 Å². The molecule has 2 rings (SSSR count). The van der Waals surface area contributed by atoms with Gasteiger partial charge in [-0.25, -0.2) is 9.97 Å². The van der Waals surface area contributed by atoms with Gasteiger partial charge in [-0.2, -0.15) is 0 Å². The predicted octanol–water partition coefficient (Wildman–Crippen LogP) is 1.24. The Morgan fingerprint density at radius 1 is 1.60 bits per heavy atom. The van der Waals surface area contributed by atoms with Crippen LogP contribution in [0.2, 0.25) is 0 Å². The molecule has 0 aliphatic heterocycles. The van der Waals surface area contributed by atoms with Gasteiger partial charge < -0.3 is 10.1 Å². The molecule has 0 unspecified atom stereocenters. The summed E-state index contributed by atoms with van der Waals surface area (Å²) in [6, 6.07) is 3.47. The van der Waals surface area contributed by atoms with Crippen molar-refractivity contribution in [2.45, 2.75) is 6.92 Å². The van der Waals surface area contributed by atoms with Gasteiger partial charge in [0.1, 0.15) is 11.2 Å². The zero-order valence-corrected chi connectivity index (χ0v) is 8.06. The highest BCUT2D eigenvalue weighted by molar-refractivity contribution is 5.70. The van der Waals surface area contributed by atoms with Crippen LogP contribution in [-0.4, -0.2) is 20.1 Å². The summed E-state index contributed by atoms with van der Waals surface area (Å²) < 4.78 is 0. The third kappa shape index (κ3) is 1.85. The fourth-order valence-electron chi connectivity index (χ4n) is 1.23. The van der Waals surface area contributed by atoms with Gasteiger partial charge in [-0.1, -0.05) is 0 Å². The number of nitrogens with zero attached hydrogens (tertiary/aromatic N) is 2. The largest absolute Gasteiger partial charge is 0.513 e. The maximum atomic E-state index is 11.5. The number of aliphatic hydroxyl groups is 1. The van der Waals surface area contributed by atoms with Crippen LogP contribution in [0.25, 0.3) is 17.2 Å². The first-order valence-corrected chi connectivity index (χ1v) is 4.39. The first-order chi connectivity index (χ1) is 7.16. The molecule has 0 aliphatic rings. The molecule has 0 bridgehead atoms. The molecular formula is C10H9N3O2. The van der Waals surface area contributed by atoms with E-state index in [-0.39, 0.29) is 17.0 Å². The minimum absolute atomic E-state index is 0.0382. The highest BCUT2D eigenvalue weighted by atomic mass is 16.3. The van der Waals surface area contributed by atoms with Crippen LogP contribution >= 0.6 is 0 Å². The van der Waals surface area contributed by atoms with E-state index in [0.717, 1.165) is 0 Å². The molecule has 0 saturated carbocycles. The standard InChI is InChI=1S/C10H9N3O2/c1-6(14)5-8-10(15)13-9-7(12-8)3-2-4-11-9/h2-5,14H,1H3,(H,11,13,15)/b6-5-. The summed E-state index contributed by atoms with van der Waals surface area (Å²) in [4.78, 5) is 22.1. The van der Waals surface area contributed by atoms with Crippen molar-refractivity contribution in [3.05, 3.63) is 40.1 Å². The number of H-pyrrole nitrogens is 1. The molecule has 0 aromatic carbocycles. The number of fused-ring (bicyclic) bond motifs is 1. The molecule has 5 nitrogen and oxygen atoms in total. The summed E-state index contributed by atoms with van der Waals surface area (Å²) in [5.74, 6) is 0.0382. The molecule has 0 aliphatic carbocycles. The van der Waals surface area contributed by atoms with E-state index in [1.807, 2.05) is 0 Å². The lowest BCUT2D eigenvalue weighted by Crippen LogP contribution is -2.12. The van der Waals surface area contributed by atoms with Gasteiger partial charge in [-0.15, -0.1) is 0 Å². The molecule has 2 heterocycles. The number of rotatable bonds is 1. The zero-order valence-electron chi connectivity index (χ0n) is 8.06. The summed E-state index contributed by atoms with van der Waals surface area (Å²) >= 11 is 0. The molecule has 0 fully saturated rings. The van der Waals surface area contributed by atoms with Crippen molar-refractivity contribution in [3.63, 3.8) is 0 Å². The van der Waals surface area contributed by atoms with Crippen molar-refractivity contribution in [2.24, 2.45) is 0 Å². The third-order valence-corrected chi connectivity index (χ3v) is 1.84. The fraction of sp³-hybridized carbons (Fsp3) is 0.100. The van der Waals surface area contributed by atoms with Crippen molar-refractivity contribution >= 4 is 17.2 Å². The summed E-state index contributed by atoms with van der Waals surface area (Å²) in [6.07, 6.45) is 2.89. The fourth-order valence-corrected chi connectivity index (χ4v) is 1.23. The Morgan fingerprint density at radius 3 is 3.13 bits per heavy atom. The SMILES string of the molecule is C/C(O)=C/c1nc2cccnc2[nH]c1=O. The Hall–Kier alpha value is -2.17. The first kappa shape index (κ1) is 9.39. The van der Waals surface area contributed by atoms with Crippen molar-refractivity contribution < 1.29 is 5.11 Å². The van der Waals surface area contributed by atoms with Crippen molar-refractivity contribution in [1.29, 1.82) is 0 Å². The van der Waals surface area contributed by atoms with Crippen molar-refractivity contribution in [2.75, 3.05) is 0 Å². The quantitative estimate of drug-likeness (QED) is 0.683. The van der Waals surface area contributed by atoms with E-state index in [9.17, 15) is 4.79 Å². The number of nitrogens with one attached hydrogen (secondary N) is 1. The van der Waals surface area contributed by atoms with Crippen LogP contribution in [0.15, 0.2) is 28.9 Å². The van der Waals surface area contributed by atoms with Gasteiger partial charge in [0.2, 0.25) is 0 Å². The van der Waals surface area contributed by atoms with E-state index in [2.05, 4.69) is 15.0 Å². The lowest BCUT2D eigenvalue weighted by atomic mass is 10.3. The highest BCUT2D eigenvalue weighted by Crippen LogP contribution is 2.04. The Balaban J connectivity index is 2.73. The van der Waals surface area contributed by atoms with Gasteiger partial charge in [0.05, 0.1) is 5.76 Å². The average Bonchev–Trinajstić information content (AvgIpc) is 2.18. The Bertz CT molecular complexity index is 582. The van der Waals surface area contributed by atoms with E-state index in [1.165, 1.54) is 13.0 Å². The molecule has 2 aromatic heterocycles. The molecule has 0 amide bonds. The topological polar surface area (TPSA) is 78.9 Å². The minimum Gasteiger partial charge on any atom is -0.513 e. The molecule has 5 heteroatoms. The molecule has 2 aromatic rings. The molecule has 2 N–H and O–H groups in total. The van der Waals surface area contributed by atoms with Crippen LogP contribution in [0.5, 0.6) is 0 Å². The first-order valence-electron chi connectivity index (χ1n) is 4.39. The number of allylic oxidation sites excluding steroid dienone is 1. The second-order valence-corrected chi connectivity index (χ2v) is 3.11. The van der Waals surface area contributed by atoms with Crippen LogP contribution in [0.1, 0.15) is 12.6 Å². The van der Waals surface area contributed by atoms with Crippen LogP contribution in [-0.2, 0) is 0 Å². The zero-order chi connectivity index (χ0) is 10.8. The van der Waals surface area contributed by atoms with Crippen LogP contribution in [0.4, 0.5) is 0 Å². The number of aromatic nitrogens is 3. The van der Waals surface area contributed by atoms with E-state index in [4.69, 9.17) is 5.11 Å². The molecule has 15 heavy (non-hydrogen) atoms. The molecular weight excluding hydrogens is 194 g/mol. The summed E-state index contributed by atoms with van der Waals surface area (Å²) in [7, 11) is 0. The maximum Gasteiger partial charge on any atom is 0.275 e. The molecule has 0 spiro atoms. The van der Waals surface area contributed by atoms with E-state index < -0.39 is 0 Å². The van der Waals surface area contributed by atoms with Gasteiger partial charge in [0.15, 0.2) is 5.65 Å². The van der Waals surface area contributed by atoms with E-state index in [0.29, 0.717) is 11.2 Å². The van der Waals surface area contributed by atoms with Gasteiger partial charge in [0, 0.05) is 12.3 Å². The molecule has 0 atom stereocenters. The molecule has 0 radical (unpaired) electrons. The van der Waals surface area contributed by atoms with Crippen molar-refractivity contribution in [3.8, 4) is 0 Å². The number of pyridine rings is 1. The third-order valence-electron chi connectivity index (χ3n) is 1.84. The minimum atomic E-state index is -0.366. The summed E-state index contributed by atoms with van der Waals surface area (Å²) in [5, 5.41) is 9.06. The summed E-state index contributed by atoms with van der Waals surface area (Å²) in [5.41, 5.74) is 0.838. The van der Waals surface area contributed by atoms with Gasteiger partial charge >= 0.3 is 0 Å². The number of aliphatic hydroxyl groups excluding tert-OH is 1. The average molecular weight is 203 g/mol. The Labute approximate surface area is 85.1 Å². The second-order valence-electron chi connectivity index (χ2n) is 3.11. The smallest absolute Gasteiger partial charge is 0.275 e. The normalized spacial score (nSPS) is 11.9. The van der Waals surface area contributed by atoms with E-state index >= 15 is 0 Å². The van der Waals surface area contributed by atoms with Gasteiger partial charge in [0.25, 0.3) is 5.56 Å². The number of aromatic amines is 1. The second kappa shape index (κ2) is 3.53. The van der Waals surface area contributed by atoms with Crippen molar-refractivity contribution in [1.82, 2.24) is 15.0 Å². The maximum absolute atomic E-state index is 11.5. The summed E-state index contributed by atoms with van der Waals surface area (Å²) in [6.45, 7) is 1.48. The predicted molar refractivity (Wildman–Crippen MR) is 56.4 cm³/mol.